The smallest absolute Gasteiger partial charge is 0.309 e. The molecule has 22 heteroatoms. The molecule has 13 rings (SSSR count). The number of nitrogens with one attached hydrogen (secondary N) is 3. The van der Waals surface area contributed by atoms with Crippen LogP contribution in [0.5, 0.6) is 11.5 Å². The quantitative estimate of drug-likeness (QED) is 0.00858. The van der Waals surface area contributed by atoms with Crippen LogP contribution in [0.15, 0.2) is 138 Å². The number of aryl methyl sites for hydroxylation is 2. The number of thiophene rings is 10. The van der Waals surface area contributed by atoms with E-state index < -0.39 is 23.3 Å². The molecule has 0 saturated heterocycles. The fourth-order valence-corrected chi connectivity index (χ4v) is 28.6. The topological polar surface area (TPSA) is 123 Å². The number of allylic oxidation sites excluding steroid dienone is 8. The third-order valence-electron chi connectivity index (χ3n) is 25.2. The van der Waals surface area contributed by atoms with E-state index in [-0.39, 0.29) is 39.4 Å². The molecule has 10 aromatic heterocycles. The summed E-state index contributed by atoms with van der Waals surface area (Å²) in [4.78, 5) is 17.3. The summed E-state index contributed by atoms with van der Waals surface area (Å²) in [7, 11) is 0. The van der Waals surface area contributed by atoms with Gasteiger partial charge in [0.1, 0.15) is 29.2 Å². The molecule has 0 bridgehead atoms. The number of quaternary nitrogens is 1. The second-order valence-corrected chi connectivity index (χ2v) is 45.9. The summed E-state index contributed by atoms with van der Waals surface area (Å²) in [6.07, 6.45) is 38.3. The molecule has 4 atom stereocenters. The van der Waals surface area contributed by atoms with Crippen LogP contribution in [0.3, 0.4) is 0 Å². The van der Waals surface area contributed by atoms with Crippen LogP contribution >= 0.6 is 113 Å². The highest BCUT2D eigenvalue weighted by atomic mass is 32.1. The molecule has 11 aromatic rings. The van der Waals surface area contributed by atoms with E-state index in [4.69, 9.17) is 20.0 Å². The standard InChI is InChI=1S/C106H132F4N6O2S10/c1-11-21-29-33-41-69(39-27-17-7)63-113-115-101-93(87-59-54-82(124-87)80-52-50-78(122-80)76-48-46-72(120-76)44-36-32-24-14-4)97(109)96(108)92(100(101)112)86-58-55-83(125-86)89-61-73-103(117-65-67(19-9)37-25-15-5)106-74(104(105(73)127-89)118-66-68(20-10)38-26-16-6)62-90(128-106)84-56-60-88(126-84)94-98(110)95(107)91(99(111)102(94)116-114-64-70(40-28-18-8)42-34-30-22-12-2)85-57-53-81(123-85)79-51-49-77(121-79)75-47-45-71(119-75)43-35-31-23-13-3/h45-62,67-70,111-114H,11-44,63-66H2,1-10H3/p+3. The summed E-state index contributed by atoms with van der Waals surface area (Å²) < 4.78 is 88.2. The maximum atomic E-state index is 18.1. The Kier molecular flexibility index (Phi) is 38.6. The zero-order valence-electron chi connectivity index (χ0n) is 77.1. The Morgan fingerprint density at radius 3 is 1.12 bits per heavy atom. The average Bonchev–Trinajstić information content (AvgIpc) is 1.59. The molecule has 686 valence electrons. The van der Waals surface area contributed by atoms with Crippen LogP contribution < -0.4 is 30.8 Å². The van der Waals surface area contributed by atoms with Gasteiger partial charge in [-0.05, 0) is 191 Å². The van der Waals surface area contributed by atoms with Crippen molar-refractivity contribution in [3.8, 4) is 70.0 Å². The predicted molar refractivity (Wildman–Crippen MR) is 558 cm³/mol. The molecule has 0 amide bonds. The summed E-state index contributed by atoms with van der Waals surface area (Å²) in [5, 5.41) is 27.9. The van der Waals surface area contributed by atoms with E-state index in [2.05, 4.69) is 140 Å². The van der Waals surface area contributed by atoms with Crippen LogP contribution in [0.4, 0.5) is 17.6 Å². The lowest BCUT2D eigenvalue weighted by atomic mass is 9.90. The van der Waals surface area contributed by atoms with Gasteiger partial charge in [0.15, 0.2) is 29.0 Å². The number of hydrazone groups is 1. The van der Waals surface area contributed by atoms with Crippen LogP contribution in [-0.4, -0.2) is 49.2 Å². The lowest BCUT2D eigenvalue weighted by Crippen LogP contribution is -2.86. The van der Waals surface area contributed by atoms with Crippen molar-refractivity contribution in [2.24, 2.45) is 28.8 Å². The normalized spacial score (nSPS) is 15.2. The Labute approximate surface area is 799 Å². The summed E-state index contributed by atoms with van der Waals surface area (Å²) in [5.41, 5.74) is 5.93. The first-order valence-corrected chi connectivity index (χ1v) is 56.4. The van der Waals surface area contributed by atoms with E-state index in [1.165, 1.54) is 158 Å². The molecule has 2 aliphatic carbocycles. The fraction of sp³-hybridized carbons (Fsp3) is 0.491. The van der Waals surface area contributed by atoms with E-state index in [9.17, 15) is 5.41 Å². The minimum absolute atomic E-state index is 0.00486. The molecule has 2 aliphatic rings. The number of benzene rings is 1. The van der Waals surface area contributed by atoms with Crippen LogP contribution in [0.2, 0.25) is 0 Å². The summed E-state index contributed by atoms with van der Waals surface area (Å²) in [5.74, 6) is -1.16. The molecule has 128 heavy (non-hydrogen) atoms. The van der Waals surface area contributed by atoms with Crippen molar-refractivity contribution in [1.82, 2.24) is 5.43 Å². The molecule has 7 N–H and O–H groups in total. The molecule has 4 unspecified atom stereocenters. The fourth-order valence-electron chi connectivity index (χ4n) is 17.4. The maximum absolute atomic E-state index is 18.1. The number of unbranched alkanes of at least 4 members (excludes halogenated alkanes) is 16. The highest BCUT2D eigenvalue weighted by Crippen LogP contribution is 2.56. The first-order valence-electron chi connectivity index (χ1n) is 48.2. The second-order valence-electron chi connectivity index (χ2n) is 35.0. The van der Waals surface area contributed by atoms with E-state index >= 15 is 17.6 Å². The number of fused-ring (bicyclic) bond motifs is 2. The van der Waals surface area contributed by atoms with Gasteiger partial charge in [0, 0.05) is 104 Å². The number of hydrogen-bond acceptors (Lipinski definition) is 15. The van der Waals surface area contributed by atoms with Crippen LogP contribution in [-0.2, 0) is 12.8 Å². The molecule has 0 fully saturated rings. The van der Waals surface area contributed by atoms with Gasteiger partial charge >= 0.3 is 5.71 Å². The minimum atomic E-state index is -1.05. The van der Waals surface area contributed by atoms with E-state index in [1.807, 2.05) is 76.6 Å². The van der Waals surface area contributed by atoms with Crippen molar-refractivity contribution in [2.75, 3.05) is 26.3 Å². The van der Waals surface area contributed by atoms with Gasteiger partial charge in [0.05, 0.1) is 46.0 Å². The monoisotopic (exact) mass is 1920 g/mol. The summed E-state index contributed by atoms with van der Waals surface area (Å²) >= 11 is 16.0. The Bertz CT molecular complexity index is 5580. The first-order chi connectivity index (χ1) is 62.5. The highest BCUT2D eigenvalue weighted by Gasteiger charge is 2.44. The van der Waals surface area contributed by atoms with E-state index in [1.54, 1.807) is 45.3 Å². The second kappa shape index (κ2) is 50.0. The Morgan fingerprint density at radius 2 is 0.688 bits per heavy atom. The van der Waals surface area contributed by atoms with E-state index in [0.29, 0.717) is 75.2 Å². The molecule has 1 aromatic carbocycles. The van der Waals surface area contributed by atoms with Gasteiger partial charge < -0.3 is 9.47 Å². The Morgan fingerprint density at radius 1 is 0.359 bits per heavy atom. The SMILES string of the molecule is CCCCCCc1ccc(-c2ccc(-c3ccc(C4=C(F)C(F)=C(c5ccc(-c6cc7c(OCC(CC)CCCC)c8sc(-c9ccc(C%10=C(F)C(F)=C(c%11ccc(-c%12ccc(-c%13ccc(CCCCCC)s%13)s%12)s%11)C(=[NH+]NCC(CCCC)CCCCCC)C%10=[NH2+])s9)cc8c(OCC(CC)CCCC)c7s6)s5)C(=N[NH2+]CC(CCCC)CCCCCC)C4=N)s3)s2)s1. The molecular weight excluding hydrogens is 1790 g/mol. The lowest BCUT2D eigenvalue weighted by molar-refractivity contribution is -0.666. The molecule has 0 spiro atoms. The maximum Gasteiger partial charge on any atom is 0.309 e. The predicted octanol–water partition coefficient (Wildman–Crippen LogP) is 32.9. The molecule has 0 saturated carbocycles. The van der Waals surface area contributed by atoms with Crippen LogP contribution in [0.25, 0.3) is 101 Å². The molecule has 8 nitrogen and oxygen atoms in total. The minimum Gasteiger partial charge on any atom is -0.491 e. The molecular formula is C106H135F4N6O2S10+3. The van der Waals surface area contributed by atoms with Crippen LogP contribution in [0.1, 0.15) is 304 Å². The van der Waals surface area contributed by atoms with Gasteiger partial charge in [-0.2, -0.15) is 5.43 Å². The molecule has 0 aliphatic heterocycles. The summed E-state index contributed by atoms with van der Waals surface area (Å²) in [6.45, 7) is 24.7. The number of nitrogens with two attached hydrogens (primary N) is 2. The van der Waals surface area contributed by atoms with Gasteiger partial charge in [0.2, 0.25) is 0 Å². The zero-order chi connectivity index (χ0) is 90.0. The number of halogens is 4. The number of rotatable bonds is 56. The molecule has 0 radical (unpaired) electrons. The van der Waals surface area contributed by atoms with Gasteiger partial charge in [-0.1, -0.05) is 228 Å². The third-order valence-corrected chi connectivity index (χ3v) is 37.6. The summed E-state index contributed by atoms with van der Waals surface area (Å²) in [6, 6.07) is 37.5. The largest absolute Gasteiger partial charge is 0.491 e. The van der Waals surface area contributed by atoms with Crippen molar-refractivity contribution in [3.63, 3.8) is 0 Å². The van der Waals surface area contributed by atoms with Crippen molar-refractivity contribution in [3.05, 3.63) is 162 Å². The van der Waals surface area contributed by atoms with Crippen LogP contribution in [0, 0.1) is 29.1 Å². The lowest BCUT2D eigenvalue weighted by Gasteiger charge is -2.19. The van der Waals surface area contributed by atoms with Crippen molar-refractivity contribution < 1.29 is 43.0 Å². The van der Waals surface area contributed by atoms with Crippen molar-refractivity contribution in [2.45, 2.75) is 288 Å². The number of ether oxygens (including phenoxy) is 2. The van der Waals surface area contributed by atoms with Crippen molar-refractivity contribution in [1.29, 1.82) is 5.41 Å². The van der Waals surface area contributed by atoms with Gasteiger partial charge in [-0.3, -0.25) is 5.41 Å². The van der Waals surface area contributed by atoms with Crippen molar-refractivity contribution >= 4 is 179 Å². The third kappa shape index (κ3) is 24.9. The number of hydrogen-bond donors (Lipinski definition) is 5. The highest BCUT2D eigenvalue weighted by molar-refractivity contribution is 7.30. The van der Waals surface area contributed by atoms with E-state index in [0.717, 1.165) is 206 Å². The Hall–Kier alpha value is -6.54. The van der Waals surface area contributed by atoms with Gasteiger partial charge in [-0.25, -0.2) is 28.4 Å². The van der Waals surface area contributed by atoms with Gasteiger partial charge in [0.25, 0.3) is 5.71 Å². The average molecular weight is 1920 g/mol. The van der Waals surface area contributed by atoms with Gasteiger partial charge in [-0.15, -0.1) is 118 Å². The number of hydrazine groups is 1. The zero-order valence-corrected chi connectivity index (χ0v) is 85.2. The molecule has 10 heterocycles. The first kappa shape index (κ1) is 99.0. The Balaban J connectivity index is 0.874. The number of nitrogens with zero attached hydrogens (tertiary/aromatic N) is 1.